The van der Waals surface area contributed by atoms with Crippen molar-refractivity contribution >= 4 is 5.91 Å². The summed E-state index contributed by atoms with van der Waals surface area (Å²) in [7, 11) is 0. The number of rotatable bonds is 7. The lowest BCUT2D eigenvalue weighted by atomic mass is 10.1. The summed E-state index contributed by atoms with van der Waals surface area (Å²) in [6.07, 6.45) is 1.26. The van der Waals surface area contributed by atoms with Crippen molar-refractivity contribution in [3.05, 3.63) is 65.7 Å². The molecule has 116 valence electrons. The van der Waals surface area contributed by atoms with Gasteiger partial charge in [0, 0.05) is 6.42 Å². The van der Waals surface area contributed by atoms with Crippen molar-refractivity contribution < 1.29 is 9.53 Å². The predicted molar refractivity (Wildman–Crippen MR) is 89.0 cm³/mol. The molecule has 0 heterocycles. The summed E-state index contributed by atoms with van der Waals surface area (Å²) >= 11 is 0. The Morgan fingerprint density at radius 3 is 2.50 bits per heavy atom. The number of amides is 1. The van der Waals surface area contributed by atoms with Crippen LogP contribution in [0.4, 0.5) is 0 Å². The monoisotopic (exact) mass is 297 g/mol. The summed E-state index contributed by atoms with van der Waals surface area (Å²) in [4.78, 5) is 11.9. The molecule has 0 fully saturated rings. The summed E-state index contributed by atoms with van der Waals surface area (Å²) in [5.74, 6) is 0.928. The number of aryl methyl sites for hydroxylation is 2. The smallest absolute Gasteiger partial charge is 0.220 e. The first-order valence-electron chi connectivity index (χ1n) is 7.67. The van der Waals surface area contributed by atoms with E-state index in [1.807, 2.05) is 68.4 Å². The number of hydrogen-bond donors (Lipinski definition) is 1. The van der Waals surface area contributed by atoms with E-state index in [-0.39, 0.29) is 11.9 Å². The minimum atomic E-state index is -0.0112. The van der Waals surface area contributed by atoms with Crippen LogP contribution in [0.3, 0.4) is 0 Å². The molecule has 0 bridgehead atoms. The zero-order valence-corrected chi connectivity index (χ0v) is 13.2. The Labute approximate surface area is 132 Å². The molecule has 0 unspecified atom stereocenters. The van der Waals surface area contributed by atoms with Crippen molar-refractivity contribution in [2.75, 3.05) is 6.61 Å². The third-order valence-electron chi connectivity index (χ3n) is 3.47. The quantitative estimate of drug-likeness (QED) is 0.849. The molecule has 22 heavy (non-hydrogen) atoms. The zero-order valence-electron chi connectivity index (χ0n) is 13.2. The van der Waals surface area contributed by atoms with E-state index in [1.165, 1.54) is 5.56 Å². The van der Waals surface area contributed by atoms with Gasteiger partial charge in [0.15, 0.2) is 0 Å². The number of ether oxygens (including phenoxy) is 1. The van der Waals surface area contributed by atoms with Crippen LogP contribution in [-0.4, -0.2) is 18.6 Å². The van der Waals surface area contributed by atoms with Crippen LogP contribution < -0.4 is 10.1 Å². The van der Waals surface area contributed by atoms with E-state index in [4.69, 9.17) is 4.74 Å². The van der Waals surface area contributed by atoms with Crippen molar-refractivity contribution in [3.8, 4) is 5.75 Å². The van der Waals surface area contributed by atoms with E-state index in [0.29, 0.717) is 13.0 Å². The Morgan fingerprint density at radius 2 is 1.77 bits per heavy atom. The molecule has 1 N–H and O–H groups in total. The van der Waals surface area contributed by atoms with Gasteiger partial charge < -0.3 is 10.1 Å². The fraction of sp³-hybridized carbons (Fsp3) is 0.316. The average Bonchev–Trinajstić information content (AvgIpc) is 2.53. The van der Waals surface area contributed by atoms with Gasteiger partial charge in [-0.2, -0.15) is 0 Å². The lowest BCUT2D eigenvalue weighted by molar-refractivity contribution is -0.121. The number of nitrogens with one attached hydrogen (secondary N) is 1. The van der Waals surface area contributed by atoms with Crippen molar-refractivity contribution in [2.24, 2.45) is 0 Å². The van der Waals surface area contributed by atoms with Gasteiger partial charge in [0.25, 0.3) is 0 Å². The highest BCUT2D eigenvalue weighted by molar-refractivity contribution is 5.76. The highest BCUT2D eigenvalue weighted by Gasteiger charge is 2.09. The van der Waals surface area contributed by atoms with E-state index < -0.39 is 0 Å². The van der Waals surface area contributed by atoms with Crippen LogP contribution in [0, 0.1) is 6.92 Å². The Hall–Kier alpha value is -2.29. The van der Waals surface area contributed by atoms with Gasteiger partial charge in [0.1, 0.15) is 12.4 Å². The summed E-state index contributed by atoms with van der Waals surface area (Å²) in [6.45, 7) is 4.44. The van der Waals surface area contributed by atoms with E-state index in [1.54, 1.807) is 0 Å². The van der Waals surface area contributed by atoms with Crippen molar-refractivity contribution in [1.29, 1.82) is 0 Å². The molecule has 3 nitrogen and oxygen atoms in total. The standard InChI is InChI=1S/C19H23NO2/c1-15-8-6-7-11-18(15)22-14-16(2)20-19(21)13-12-17-9-4-3-5-10-17/h3-11,16H,12-14H2,1-2H3,(H,20,21)/t16-/m1/s1. The minimum Gasteiger partial charge on any atom is -0.491 e. The van der Waals surface area contributed by atoms with Crippen LogP contribution >= 0.6 is 0 Å². The maximum Gasteiger partial charge on any atom is 0.220 e. The molecule has 0 saturated heterocycles. The fourth-order valence-electron chi connectivity index (χ4n) is 2.22. The Morgan fingerprint density at radius 1 is 1.09 bits per heavy atom. The summed E-state index contributed by atoms with van der Waals surface area (Å²) in [5, 5.41) is 2.98. The lowest BCUT2D eigenvalue weighted by Gasteiger charge is -2.16. The molecular weight excluding hydrogens is 274 g/mol. The summed E-state index contributed by atoms with van der Waals surface area (Å²) in [5.41, 5.74) is 2.28. The third kappa shape index (κ3) is 5.24. The van der Waals surface area contributed by atoms with E-state index in [0.717, 1.165) is 17.7 Å². The van der Waals surface area contributed by atoms with Gasteiger partial charge >= 0.3 is 0 Å². The van der Waals surface area contributed by atoms with Gasteiger partial charge in [0.05, 0.1) is 6.04 Å². The Bertz CT molecular complexity index is 595. The highest BCUT2D eigenvalue weighted by Crippen LogP contribution is 2.16. The largest absolute Gasteiger partial charge is 0.491 e. The lowest BCUT2D eigenvalue weighted by Crippen LogP contribution is -2.36. The maximum atomic E-state index is 11.9. The van der Waals surface area contributed by atoms with E-state index >= 15 is 0 Å². The van der Waals surface area contributed by atoms with E-state index in [2.05, 4.69) is 5.32 Å². The van der Waals surface area contributed by atoms with Crippen LogP contribution in [0.5, 0.6) is 5.75 Å². The van der Waals surface area contributed by atoms with Crippen LogP contribution in [0.2, 0.25) is 0 Å². The molecule has 2 aromatic rings. The number of benzene rings is 2. The van der Waals surface area contributed by atoms with E-state index in [9.17, 15) is 4.79 Å². The molecule has 2 rings (SSSR count). The van der Waals surface area contributed by atoms with Gasteiger partial charge in [-0.1, -0.05) is 48.5 Å². The third-order valence-corrected chi connectivity index (χ3v) is 3.47. The number of carbonyl (C=O) groups excluding carboxylic acids is 1. The SMILES string of the molecule is Cc1ccccc1OC[C@@H](C)NC(=O)CCc1ccccc1. The fourth-order valence-corrected chi connectivity index (χ4v) is 2.22. The molecule has 0 radical (unpaired) electrons. The van der Waals surface area contributed by atoms with Gasteiger partial charge in [-0.05, 0) is 37.5 Å². The normalized spacial score (nSPS) is 11.7. The topological polar surface area (TPSA) is 38.3 Å². The second-order valence-electron chi connectivity index (χ2n) is 5.53. The molecule has 3 heteroatoms. The van der Waals surface area contributed by atoms with Crippen molar-refractivity contribution in [2.45, 2.75) is 32.7 Å². The second-order valence-corrected chi connectivity index (χ2v) is 5.53. The molecule has 0 aliphatic heterocycles. The van der Waals surface area contributed by atoms with Gasteiger partial charge in [-0.25, -0.2) is 0 Å². The molecule has 1 atom stereocenters. The average molecular weight is 297 g/mol. The number of carbonyl (C=O) groups is 1. The predicted octanol–water partition coefficient (Wildman–Crippen LogP) is 3.51. The summed E-state index contributed by atoms with van der Waals surface area (Å²) < 4.78 is 5.75. The van der Waals surface area contributed by atoms with Gasteiger partial charge in [-0.3, -0.25) is 4.79 Å². The minimum absolute atomic E-state index is 0.0112. The van der Waals surface area contributed by atoms with Gasteiger partial charge in [0.2, 0.25) is 5.91 Å². The first-order valence-corrected chi connectivity index (χ1v) is 7.67. The van der Waals surface area contributed by atoms with Crippen LogP contribution in [-0.2, 0) is 11.2 Å². The first-order chi connectivity index (χ1) is 10.6. The van der Waals surface area contributed by atoms with Crippen molar-refractivity contribution in [3.63, 3.8) is 0 Å². The molecule has 0 aliphatic rings. The molecule has 0 saturated carbocycles. The van der Waals surface area contributed by atoms with Gasteiger partial charge in [-0.15, -0.1) is 0 Å². The number of hydrogen-bond acceptors (Lipinski definition) is 2. The number of para-hydroxylation sites is 1. The molecule has 2 aromatic carbocycles. The molecule has 1 amide bonds. The van der Waals surface area contributed by atoms with Crippen LogP contribution in [0.25, 0.3) is 0 Å². The molecule has 0 aliphatic carbocycles. The van der Waals surface area contributed by atoms with Crippen LogP contribution in [0.1, 0.15) is 24.5 Å². The molecule has 0 spiro atoms. The Balaban J connectivity index is 1.71. The highest BCUT2D eigenvalue weighted by atomic mass is 16.5. The Kier molecular flexibility index (Phi) is 6.01. The molecule has 0 aromatic heterocycles. The van der Waals surface area contributed by atoms with Crippen molar-refractivity contribution in [1.82, 2.24) is 5.32 Å². The first kappa shape index (κ1) is 16.1. The maximum absolute atomic E-state index is 11.9. The molecular formula is C19H23NO2. The second kappa shape index (κ2) is 8.23. The van der Waals surface area contributed by atoms with Crippen LogP contribution in [0.15, 0.2) is 54.6 Å². The summed E-state index contributed by atoms with van der Waals surface area (Å²) in [6, 6.07) is 17.9. The zero-order chi connectivity index (χ0) is 15.8.